The van der Waals surface area contributed by atoms with Crippen LogP contribution in [0.4, 0.5) is 4.39 Å². The van der Waals surface area contributed by atoms with E-state index < -0.39 is 17.8 Å². The third-order valence-electron chi connectivity index (χ3n) is 3.71. The second kappa shape index (κ2) is 9.37. The Balaban J connectivity index is 2.04. The van der Waals surface area contributed by atoms with Gasteiger partial charge in [0.1, 0.15) is 5.82 Å². The molecule has 0 bridgehead atoms. The number of nitrogens with zero attached hydrogens (tertiary/aromatic N) is 3. The summed E-state index contributed by atoms with van der Waals surface area (Å²) >= 11 is 0. The fourth-order valence-electron chi connectivity index (χ4n) is 2.28. The Hall–Kier alpha value is -3.36. The first kappa shape index (κ1) is 20.0. The number of aromatic nitrogens is 2. The van der Waals surface area contributed by atoms with Crippen molar-refractivity contribution in [3.63, 3.8) is 0 Å². The minimum atomic E-state index is -0.948. The van der Waals surface area contributed by atoms with Crippen molar-refractivity contribution in [3.05, 3.63) is 59.4 Å². The zero-order chi connectivity index (χ0) is 19.8. The number of amides is 2. The molecule has 0 fully saturated rings. The van der Waals surface area contributed by atoms with Gasteiger partial charge in [-0.05, 0) is 24.1 Å². The fourth-order valence-corrected chi connectivity index (χ4v) is 2.28. The Bertz CT molecular complexity index is 826. The molecule has 27 heavy (non-hydrogen) atoms. The SMILES string of the molecule is CN(CCCC(=O)O)C(=O)c1nccnc1C(=O)NCc1ccc(F)cc1. The minimum Gasteiger partial charge on any atom is -0.481 e. The molecule has 1 aromatic heterocycles. The summed E-state index contributed by atoms with van der Waals surface area (Å²) in [7, 11) is 1.50. The molecule has 142 valence electrons. The summed E-state index contributed by atoms with van der Waals surface area (Å²) in [6.07, 6.45) is 2.82. The maximum absolute atomic E-state index is 12.9. The normalized spacial score (nSPS) is 10.3. The first-order valence-corrected chi connectivity index (χ1v) is 8.19. The molecule has 1 aromatic carbocycles. The predicted octanol–water partition coefficient (Wildman–Crippen LogP) is 1.48. The number of carboxylic acids is 1. The molecule has 2 aromatic rings. The number of aliphatic carboxylic acids is 1. The van der Waals surface area contributed by atoms with Crippen LogP contribution in [0.25, 0.3) is 0 Å². The average Bonchev–Trinajstić information content (AvgIpc) is 2.66. The van der Waals surface area contributed by atoms with Gasteiger partial charge in [0.2, 0.25) is 0 Å². The number of hydrogen-bond donors (Lipinski definition) is 2. The van der Waals surface area contributed by atoms with Crippen molar-refractivity contribution in [2.24, 2.45) is 0 Å². The fraction of sp³-hybridized carbons (Fsp3) is 0.278. The molecule has 8 nitrogen and oxygen atoms in total. The molecule has 0 unspecified atom stereocenters. The van der Waals surface area contributed by atoms with E-state index in [2.05, 4.69) is 15.3 Å². The topological polar surface area (TPSA) is 112 Å². The lowest BCUT2D eigenvalue weighted by Crippen LogP contribution is -2.33. The van der Waals surface area contributed by atoms with Crippen LogP contribution in [0.2, 0.25) is 0 Å². The highest BCUT2D eigenvalue weighted by molar-refractivity contribution is 6.04. The van der Waals surface area contributed by atoms with Gasteiger partial charge in [-0.3, -0.25) is 14.4 Å². The Morgan fingerprint density at radius 1 is 1.11 bits per heavy atom. The van der Waals surface area contributed by atoms with Crippen molar-refractivity contribution >= 4 is 17.8 Å². The number of hydrogen-bond acceptors (Lipinski definition) is 5. The second-order valence-electron chi connectivity index (χ2n) is 5.79. The summed E-state index contributed by atoms with van der Waals surface area (Å²) in [6.45, 7) is 0.343. The molecule has 2 amide bonds. The van der Waals surface area contributed by atoms with Gasteiger partial charge in [0, 0.05) is 39.0 Å². The molecule has 0 aliphatic rings. The van der Waals surface area contributed by atoms with Crippen LogP contribution in [0.15, 0.2) is 36.7 Å². The van der Waals surface area contributed by atoms with Crippen LogP contribution in [0.3, 0.4) is 0 Å². The van der Waals surface area contributed by atoms with Gasteiger partial charge in [0.25, 0.3) is 11.8 Å². The molecule has 9 heteroatoms. The largest absolute Gasteiger partial charge is 0.481 e. The maximum Gasteiger partial charge on any atom is 0.303 e. The van der Waals surface area contributed by atoms with Gasteiger partial charge in [0.05, 0.1) is 0 Å². The first-order chi connectivity index (χ1) is 12.9. The Morgan fingerprint density at radius 2 is 1.74 bits per heavy atom. The highest BCUT2D eigenvalue weighted by Gasteiger charge is 2.22. The number of carboxylic acid groups (broad SMARTS) is 1. The van der Waals surface area contributed by atoms with Gasteiger partial charge in [-0.2, -0.15) is 0 Å². The van der Waals surface area contributed by atoms with Crippen LogP contribution in [-0.4, -0.2) is 51.4 Å². The molecule has 0 aliphatic carbocycles. The van der Waals surface area contributed by atoms with Crippen LogP contribution in [-0.2, 0) is 11.3 Å². The van der Waals surface area contributed by atoms with Gasteiger partial charge >= 0.3 is 5.97 Å². The van der Waals surface area contributed by atoms with Crippen molar-refractivity contribution in [1.29, 1.82) is 0 Å². The monoisotopic (exact) mass is 374 g/mol. The van der Waals surface area contributed by atoms with Crippen LogP contribution in [0, 0.1) is 5.82 Å². The van der Waals surface area contributed by atoms with Gasteiger partial charge in [-0.25, -0.2) is 14.4 Å². The van der Waals surface area contributed by atoms with E-state index in [9.17, 15) is 18.8 Å². The molecule has 0 saturated carbocycles. The van der Waals surface area contributed by atoms with Crippen molar-refractivity contribution in [1.82, 2.24) is 20.2 Å². The van der Waals surface area contributed by atoms with Gasteiger partial charge in [-0.15, -0.1) is 0 Å². The van der Waals surface area contributed by atoms with E-state index in [1.807, 2.05) is 0 Å². The van der Waals surface area contributed by atoms with E-state index >= 15 is 0 Å². The number of nitrogens with one attached hydrogen (secondary N) is 1. The van der Waals surface area contributed by atoms with Gasteiger partial charge in [-0.1, -0.05) is 12.1 Å². The summed E-state index contributed by atoms with van der Waals surface area (Å²) in [5, 5.41) is 11.3. The molecule has 0 aliphatic heterocycles. The lowest BCUT2D eigenvalue weighted by molar-refractivity contribution is -0.137. The molecular formula is C18H19FN4O4. The summed E-state index contributed by atoms with van der Waals surface area (Å²) < 4.78 is 12.9. The van der Waals surface area contributed by atoms with Crippen LogP contribution in [0.1, 0.15) is 39.4 Å². The van der Waals surface area contributed by atoms with Crippen molar-refractivity contribution in [2.75, 3.05) is 13.6 Å². The van der Waals surface area contributed by atoms with E-state index in [1.165, 1.54) is 48.6 Å². The molecule has 0 atom stereocenters. The Kier molecular flexibility index (Phi) is 6.93. The summed E-state index contributed by atoms with van der Waals surface area (Å²) in [5.41, 5.74) is 0.439. The number of benzene rings is 1. The number of carbonyl (C=O) groups excluding carboxylic acids is 2. The zero-order valence-corrected chi connectivity index (χ0v) is 14.7. The van der Waals surface area contributed by atoms with E-state index in [4.69, 9.17) is 5.11 Å². The molecule has 1 heterocycles. The molecule has 0 radical (unpaired) electrons. The third kappa shape index (κ3) is 5.84. The minimum absolute atomic E-state index is 0.0664. The highest BCUT2D eigenvalue weighted by Crippen LogP contribution is 2.08. The summed E-state index contributed by atoms with van der Waals surface area (Å²) in [4.78, 5) is 44.7. The summed E-state index contributed by atoms with van der Waals surface area (Å²) in [5.74, 6) is -2.44. The van der Waals surface area contributed by atoms with E-state index in [0.29, 0.717) is 5.56 Å². The summed E-state index contributed by atoms with van der Waals surface area (Å²) in [6, 6.07) is 5.64. The average molecular weight is 374 g/mol. The maximum atomic E-state index is 12.9. The lowest BCUT2D eigenvalue weighted by Gasteiger charge is -2.17. The van der Waals surface area contributed by atoms with Crippen molar-refractivity contribution in [2.45, 2.75) is 19.4 Å². The third-order valence-corrected chi connectivity index (χ3v) is 3.71. The van der Waals surface area contributed by atoms with E-state index in [-0.39, 0.29) is 43.1 Å². The van der Waals surface area contributed by atoms with Crippen molar-refractivity contribution < 1.29 is 23.9 Å². The quantitative estimate of drug-likeness (QED) is 0.724. The van der Waals surface area contributed by atoms with Gasteiger partial charge < -0.3 is 15.3 Å². The zero-order valence-electron chi connectivity index (χ0n) is 14.7. The highest BCUT2D eigenvalue weighted by atomic mass is 19.1. The van der Waals surface area contributed by atoms with Gasteiger partial charge in [0.15, 0.2) is 11.4 Å². The molecule has 2 rings (SSSR count). The van der Waals surface area contributed by atoms with Crippen LogP contribution >= 0.6 is 0 Å². The number of rotatable bonds is 8. The Labute approximate surface area is 155 Å². The smallest absolute Gasteiger partial charge is 0.303 e. The first-order valence-electron chi connectivity index (χ1n) is 8.19. The molecule has 2 N–H and O–H groups in total. The van der Waals surface area contributed by atoms with E-state index in [1.54, 1.807) is 0 Å². The predicted molar refractivity (Wildman–Crippen MR) is 93.4 cm³/mol. The second-order valence-corrected chi connectivity index (χ2v) is 5.79. The molecule has 0 spiro atoms. The Morgan fingerprint density at radius 3 is 2.37 bits per heavy atom. The standard InChI is InChI=1S/C18H19FN4O4/c1-23(10-2-3-14(24)25)18(27)16-15(20-8-9-21-16)17(26)22-11-12-4-6-13(19)7-5-12/h4-9H,2-3,10-11H2,1H3,(H,22,26)(H,24,25). The van der Waals surface area contributed by atoms with E-state index in [0.717, 1.165) is 0 Å². The van der Waals surface area contributed by atoms with Crippen LogP contribution < -0.4 is 5.32 Å². The molecule has 0 saturated heterocycles. The number of halogens is 1. The van der Waals surface area contributed by atoms with Crippen LogP contribution in [0.5, 0.6) is 0 Å². The molecular weight excluding hydrogens is 355 g/mol. The van der Waals surface area contributed by atoms with Crippen molar-refractivity contribution in [3.8, 4) is 0 Å². The number of carbonyl (C=O) groups is 3. The lowest BCUT2D eigenvalue weighted by atomic mass is 10.2.